The number of likely N-dealkylation sites (N-methyl/N-ethyl adjacent to an activating group) is 2. The number of amides is 2. The predicted octanol–water partition coefficient (Wildman–Crippen LogP) is 6.64. The molecule has 2 aromatic heterocycles. The highest BCUT2D eigenvalue weighted by molar-refractivity contribution is 6.31. The van der Waals surface area contributed by atoms with Crippen molar-refractivity contribution in [3.8, 4) is 22.9 Å². The summed E-state index contributed by atoms with van der Waals surface area (Å²) in [7, 11) is 4.18. The van der Waals surface area contributed by atoms with Crippen molar-refractivity contribution in [3.05, 3.63) is 83.4 Å². The van der Waals surface area contributed by atoms with Crippen molar-refractivity contribution in [1.82, 2.24) is 19.9 Å². The molecule has 212 valence electrons. The Morgan fingerprint density at radius 2 is 1.98 bits per heavy atom. The molecule has 0 saturated carbocycles. The number of rotatable bonds is 8. The van der Waals surface area contributed by atoms with Crippen LogP contribution in [0.4, 0.5) is 21.9 Å². The van der Waals surface area contributed by atoms with E-state index in [1.165, 1.54) is 0 Å². The van der Waals surface area contributed by atoms with Crippen LogP contribution in [-0.4, -0.2) is 59.1 Å². The van der Waals surface area contributed by atoms with E-state index in [0.717, 1.165) is 54.3 Å². The number of pyridine rings is 1. The normalized spacial score (nSPS) is 15.0. The number of nitrogens with one attached hydrogen (secondary N) is 2. The zero-order valence-electron chi connectivity index (χ0n) is 23.7. The van der Waals surface area contributed by atoms with Crippen LogP contribution in [-0.2, 0) is 6.42 Å². The van der Waals surface area contributed by atoms with E-state index in [2.05, 4.69) is 49.5 Å². The molecule has 41 heavy (non-hydrogen) atoms. The SMILES string of the molecule is CCc1nccc(-c2cccnc2Oc2ccc(NC(=O)Nc3cc(Cl)ccc3N(C)[C@@H]3CCN(C)C3)cc2C)n1. The number of carbonyl (C=O) groups excluding carboxylic acids is 1. The minimum Gasteiger partial charge on any atom is -0.438 e. The van der Waals surface area contributed by atoms with Gasteiger partial charge in [-0.2, -0.15) is 0 Å². The van der Waals surface area contributed by atoms with Gasteiger partial charge in [-0.1, -0.05) is 18.5 Å². The highest BCUT2D eigenvalue weighted by atomic mass is 35.5. The molecule has 5 rings (SSSR count). The fourth-order valence-electron chi connectivity index (χ4n) is 4.96. The standard InChI is InChI=1S/C31H34ClN7O2/c1-5-29-33-15-12-25(36-29)24-7-6-14-34-30(24)41-28-11-9-22(17-20(28)2)35-31(40)37-26-18-21(32)8-10-27(26)39(4)23-13-16-38(3)19-23/h6-12,14-15,17-18,23H,5,13,16,19H2,1-4H3,(H2,35,37,40)/t23-/m1/s1. The molecule has 4 aromatic rings. The average Bonchev–Trinajstić information content (AvgIpc) is 3.40. The molecule has 0 unspecified atom stereocenters. The maximum absolute atomic E-state index is 13.0. The number of urea groups is 1. The minimum atomic E-state index is -0.360. The molecule has 9 nitrogen and oxygen atoms in total. The molecule has 2 amide bonds. The monoisotopic (exact) mass is 571 g/mol. The first-order valence-corrected chi connectivity index (χ1v) is 14.0. The average molecular weight is 572 g/mol. The van der Waals surface area contributed by atoms with Gasteiger partial charge in [0.2, 0.25) is 5.88 Å². The van der Waals surface area contributed by atoms with Gasteiger partial charge < -0.3 is 25.2 Å². The number of aryl methyl sites for hydroxylation is 2. The molecule has 1 saturated heterocycles. The Hall–Kier alpha value is -4.21. The molecule has 0 radical (unpaired) electrons. The summed E-state index contributed by atoms with van der Waals surface area (Å²) >= 11 is 6.29. The molecule has 10 heteroatoms. The third-order valence-corrected chi connectivity index (χ3v) is 7.44. The highest BCUT2D eigenvalue weighted by Gasteiger charge is 2.25. The van der Waals surface area contributed by atoms with Crippen LogP contribution >= 0.6 is 11.6 Å². The molecule has 0 aliphatic carbocycles. The van der Waals surface area contributed by atoms with Crippen molar-refractivity contribution >= 4 is 34.7 Å². The second-order valence-corrected chi connectivity index (χ2v) is 10.6. The van der Waals surface area contributed by atoms with Crippen LogP contribution in [0.5, 0.6) is 11.6 Å². The van der Waals surface area contributed by atoms with E-state index < -0.39 is 0 Å². The van der Waals surface area contributed by atoms with E-state index in [-0.39, 0.29) is 6.03 Å². The topological polar surface area (TPSA) is 95.5 Å². The number of likely N-dealkylation sites (tertiary alicyclic amines) is 1. The lowest BCUT2D eigenvalue weighted by molar-refractivity contribution is 0.262. The number of hydrogen-bond donors (Lipinski definition) is 2. The molecule has 0 bridgehead atoms. The molecular formula is C31H34ClN7O2. The van der Waals surface area contributed by atoms with Crippen LogP contribution in [0.2, 0.25) is 5.02 Å². The Morgan fingerprint density at radius 1 is 1.12 bits per heavy atom. The number of ether oxygens (including phenoxy) is 1. The summed E-state index contributed by atoms with van der Waals surface area (Å²) in [6, 6.07) is 16.7. The smallest absolute Gasteiger partial charge is 0.323 e. The van der Waals surface area contributed by atoms with Gasteiger partial charge in [0.25, 0.3) is 0 Å². The Bertz CT molecular complexity index is 1550. The van der Waals surface area contributed by atoms with Crippen LogP contribution in [0.25, 0.3) is 11.3 Å². The lowest BCUT2D eigenvalue weighted by Gasteiger charge is -2.29. The quantitative estimate of drug-likeness (QED) is 0.245. The first kappa shape index (κ1) is 28.3. The Morgan fingerprint density at radius 3 is 2.73 bits per heavy atom. The largest absolute Gasteiger partial charge is 0.438 e. The highest BCUT2D eigenvalue weighted by Crippen LogP contribution is 2.34. The fraction of sp³-hybridized carbons (Fsp3) is 0.290. The number of aromatic nitrogens is 3. The molecule has 0 spiro atoms. The third kappa shape index (κ3) is 6.75. The first-order chi connectivity index (χ1) is 19.8. The lowest BCUT2D eigenvalue weighted by Crippen LogP contribution is -2.34. The van der Waals surface area contributed by atoms with Gasteiger partial charge in [-0.05, 0) is 87.1 Å². The van der Waals surface area contributed by atoms with Crippen LogP contribution in [0.1, 0.15) is 24.7 Å². The lowest BCUT2D eigenvalue weighted by atomic mass is 10.1. The summed E-state index contributed by atoms with van der Waals surface area (Å²) in [6.45, 7) is 5.95. The second kappa shape index (κ2) is 12.5. The molecule has 1 fully saturated rings. The summed E-state index contributed by atoms with van der Waals surface area (Å²) in [5, 5.41) is 6.46. The molecule has 1 aliphatic heterocycles. The zero-order valence-corrected chi connectivity index (χ0v) is 24.4. The maximum atomic E-state index is 13.0. The number of benzene rings is 2. The van der Waals surface area contributed by atoms with Crippen molar-refractivity contribution in [2.24, 2.45) is 0 Å². The number of hydrogen-bond acceptors (Lipinski definition) is 7. The maximum Gasteiger partial charge on any atom is 0.323 e. The van der Waals surface area contributed by atoms with Gasteiger partial charge >= 0.3 is 6.03 Å². The van der Waals surface area contributed by atoms with Crippen LogP contribution in [0, 0.1) is 6.92 Å². The van der Waals surface area contributed by atoms with E-state index in [9.17, 15) is 4.79 Å². The van der Waals surface area contributed by atoms with E-state index in [1.807, 2.05) is 56.3 Å². The van der Waals surface area contributed by atoms with Crippen LogP contribution in [0.15, 0.2) is 67.0 Å². The van der Waals surface area contributed by atoms with E-state index >= 15 is 0 Å². The van der Waals surface area contributed by atoms with E-state index in [0.29, 0.717) is 34.1 Å². The fourth-order valence-corrected chi connectivity index (χ4v) is 5.13. The van der Waals surface area contributed by atoms with Gasteiger partial charge in [-0.3, -0.25) is 0 Å². The van der Waals surface area contributed by atoms with Crippen molar-refractivity contribution in [2.75, 3.05) is 42.7 Å². The van der Waals surface area contributed by atoms with Gasteiger partial charge in [-0.25, -0.2) is 19.7 Å². The van der Waals surface area contributed by atoms with E-state index in [1.54, 1.807) is 24.5 Å². The summed E-state index contributed by atoms with van der Waals surface area (Å²) in [5.74, 6) is 1.83. The minimum absolute atomic E-state index is 0.360. The van der Waals surface area contributed by atoms with Crippen molar-refractivity contribution in [3.63, 3.8) is 0 Å². The number of nitrogens with zero attached hydrogens (tertiary/aromatic N) is 5. The summed E-state index contributed by atoms with van der Waals surface area (Å²) < 4.78 is 6.21. The number of carbonyl (C=O) groups is 1. The molecule has 3 heterocycles. The number of anilines is 3. The van der Waals surface area contributed by atoms with Gasteiger partial charge in [0.15, 0.2) is 0 Å². The molecular weight excluding hydrogens is 538 g/mol. The summed E-state index contributed by atoms with van der Waals surface area (Å²) in [4.78, 5) is 30.9. The van der Waals surface area contributed by atoms with Gasteiger partial charge in [0.05, 0.1) is 22.6 Å². The Labute approximate surface area is 245 Å². The predicted molar refractivity (Wildman–Crippen MR) is 164 cm³/mol. The third-order valence-electron chi connectivity index (χ3n) is 7.21. The molecule has 2 aromatic carbocycles. The summed E-state index contributed by atoms with van der Waals surface area (Å²) in [5.41, 5.74) is 4.57. The zero-order chi connectivity index (χ0) is 28.9. The summed E-state index contributed by atoms with van der Waals surface area (Å²) in [6.07, 6.45) is 5.22. The number of halogens is 1. The molecule has 2 N–H and O–H groups in total. The molecule has 1 atom stereocenters. The first-order valence-electron chi connectivity index (χ1n) is 13.7. The van der Waals surface area contributed by atoms with Crippen molar-refractivity contribution in [1.29, 1.82) is 0 Å². The van der Waals surface area contributed by atoms with Crippen molar-refractivity contribution in [2.45, 2.75) is 32.7 Å². The van der Waals surface area contributed by atoms with Gasteiger partial charge in [0, 0.05) is 49.2 Å². The Balaban J connectivity index is 1.29. The van der Waals surface area contributed by atoms with Crippen LogP contribution < -0.4 is 20.3 Å². The van der Waals surface area contributed by atoms with Gasteiger partial charge in [-0.15, -0.1) is 0 Å². The van der Waals surface area contributed by atoms with E-state index in [4.69, 9.17) is 16.3 Å². The van der Waals surface area contributed by atoms with Crippen molar-refractivity contribution < 1.29 is 9.53 Å². The second-order valence-electron chi connectivity index (χ2n) is 10.2. The van der Waals surface area contributed by atoms with Gasteiger partial charge in [0.1, 0.15) is 11.6 Å². The Kier molecular flexibility index (Phi) is 8.66. The molecule has 1 aliphatic rings. The van der Waals surface area contributed by atoms with Crippen LogP contribution in [0.3, 0.4) is 0 Å².